The van der Waals surface area contributed by atoms with E-state index in [1.165, 1.54) is 28.8 Å². The fourth-order valence-electron chi connectivity index (χ4n) is 4.93. The molecule has 9 nitrogen and oxygen atoms in total. The lowest BCUT2D eigenvalue weighted by Crippen LogP contribution is -2.24. The first-order chi connectivity index (χ1) is 19.7. The zero-order valence-corrected chi connectivity index (χ0v) is 22.7. The highest BCUT2D eigenvalue weighted by atomic mass is 35.5. The molecule has 0 fully saturated rings. The maximum Gasteiger partial charge on any atom is 0.303 e. The summed E-state index contributed by atoms with van der Waals surface area (Å²) in [7, 11) is 0. The van der Waals surface area contributed by atoms with E-state index >= 15 is 0 Å². The minimum absolute atomic E-state index is 0.0181. The van der Waals surface area contributed by atoms with Gasteiger partial charge in [-0.25, -0.2) is 14.4 Å². The molecule has 1 atom stereocenters. The van der Waals surface area contributed by atoms with E-state index in [4.69, 9.17) is 30.9 Å². The third-order valence-corrected chi connectivity index (χ3v) is 7.30. The van der Waals surface area contributed by atoms with Crippen LogP contribution in [0.1, 0.15) is 49.9 Å². The van der Waals surface area contributed by atoms with Gasteiger partial charge < -0.3 is 14.4 Å². The molecule has 1 aliphatic heterocycles. The minimum Gasteiger partial charge on any atom is -0.481 e. The third-order valence-electron chi connectivity index (χ3n) is 7.06. The molecule has 3 heterocycles. The number of fused-ring (bicyclic) bond motifs is 2. The van der Waals surface area contributed by atoms with Crippen LogP contribution in [0.4, 0.5) is 4.39 Å². The van der Waals surface area contributed by atoms with Crippen molar-refractivity contribution in [2.24, 2.45) is 5.16 Å². The Balaban J connectivity index is 1.34. The van der Waals surface area contributed by atoms with Gasteiger partial charge in [0.1, 0.15) is 17.2 Å². The molecule has 0 saturated heterocycles. The summed E-state index contributed by atoms with van der Waals surface area (Å²) >= 11 is 6.08. The number of carboxylic acid groups (broad SMARTS) is 1. The number of aromatic nitrogens is 3. The van der Waals surface area contributed by atoms with Gasteiger partial charge in [0.15, 0.2) is 5.58 Å². The monoisotopic (exact) mass is 574 g/mol. The summed E-state index contributed by atoms with van der Waals surface area (Å²) in [6, 6.07) is 16.1. The Morgan fingerprint density at radius 1 is 1.07 bits per heavy atom. The highest BCUT2D eigenvalue weighted by molar-refractivity contribution is 6.31. The molecule has 0 bridgehead atoms. The Morgan fingerprint density at radius 3 is 2.66 bits per heavy atom. The van der Waals surface area contributed by atoms with Gasteiger partial charge in [-0.1, -0.05) is 22.8 Å². The molecule has 1 N–H and O–H groups in total. The Labute approximate surface area is 237 Å². The number of aryl methyl sites for hydroxylation is 1. The largest absolute Gasteiger partial charge is 0.481 e. The number of unbranched alkanes of at least 4 members (excludes halogenated alkanes) is 1. The molecule has 0 saturated carbocycles. The quantitative estimate of drug-likeness (QED) is 0.220. The second-order valence-corrected chi connectivity index (χ2v) is 10.6. The number of aliphatic carboxylic acids is 1. The first-order valence-electron chi connectivity index (χ1n) is 13.1. The number of nitrogens with zero attached hydrogens (tertiary/aromatic N) is 4. The van der Waals surface area contributed by atoms with Crippen molar-refractivity contribution in [3.05, 3.63) is 99.1 Å². The van der Waals surface area contributed by atoms with Crippen molar-refractivity contribution < 1.29 is 23.5 Å². The normalized spacial score (nSPS) is 16.7. The van der Waals surface area contributed by atoms with E-state index in [0.717, 1.165) is 5.56 Å². The second-order valence-electron chi connectivity index (χ2n) is 10.1. The molecule has 0 spiro atoms. The van der Waals surface area contributed by atoms with Crippen LogP contribution in [0.25, 0.3) is 27.7 Å². The Kier molecular flexibility index (Phi) is 6.78. The number of carboxylic acids is 1. The third kappa shape index (κ3) is 5.18. The molecule has 11 heteroatoms. The van der Waals surface area contributed by atoms with E-state index < -0.39 is 17.4 Å². The Morgan fingerprint density at radius 2 is 1.88 bits per heavy atom. The SMILES string of the molecule is C[C@]1(c2nc3ccc(Cl)cc3o2)CC(c2ccc3c(=O)n(-c4ccc(F)cc4)c(CCCCC(=O)O)nc3c2)=NO1. The lowest BCUT2D eigenvalue weighted by molar-refractivity contribution is -0.137. The van der Waals surface area contributed by atoms with E-state index in [-0.39, 0.29) is 12.0 Å². The number of hydrogen-bond acceptors (Lipinski definition) is 7. The molecule has 3 aromatic carbocycles. The molecule has 0 amide bonds. The first kappa shape index (κ1) is 26.6. The molecule has 0 unspecified atom stereocenters. The fourth-order valence-corrected chi connectivity index (χ4v) is 5.09. The van der Waals surface area contributed by atoms with E-state index in [1.54, 1.807) is 36.4 Å². The van der Waals surface area contributed by atoms with Gasteiger partial charge in [0.25, 0.3) is 5.56 Å². The van der Waals surface area contributed by atoms with Crippen LogP contribution in [0.15, 0.2) is 75.0 Å². The molecule has 2 aromatic heterocycles. The van der Waals surface area contributed by atoms with Crippen LogP contribution in [0, 0.1) is 5.82 Å². The Bertz CT molecular complexity index is 1900. The van der Waals surface area contributed by atoms with E-state index in [0.29, 0.717) is 75.8 Å². The molecule has 5 aromatic rings. The summed E-state index contributed by atoms with van der Waals surface area (Å²) in [6.45, 7) is 1.84. The van der Waals surface area contributed by atoms with Crippen LogP contribution in [-0.4, -0.2) is 31.3 Å². The minimum atomic E-state index is -0.940. The van der Waals surface area contributed by atoms with Crippen molar-refractivity contribution in [1.82, 2.24) is 14.5 Å². The molecule has 0 radical (unpaired) electrons. The van der Waals surface area contributed by atoms with Crippen LogP contribution in [0.2, 0.25) is 5.02 Å². The average molecular weight is 575 g/mol. The zero-order chi connectivity index (χ0) is 28.7. The molecule has 1 aliphatic rings. The van der Waals surface area contributed by atoms with Gasteiger partial charge >= 0.3 is 5.97 Å². The van der Waals surface area contributed by atoms with E-state index in [2.05, 4.69) is 10.1 Å². The molecule has 41 heavy (non-hydrogen) atoms. The Hall–Kier alpha value is -4.57. The molecule has 208 valence electrons. The second kappa shape index (κ2) is 10.4. The summed E-state index contributed by atoms with van der Waals surface area (Å²) in [5, 5.41) is 14.2. The van der Waals surface area contributed by atoms with Gasteiger partial charge in [0, 0.05) is 35.9 Å². The van der Waals surface area contributed by atoms with Crippen molar-refractivity contribution in [2.75, 3.05) is 0 Å². The topological polar surface area (TPSA) is 120 Å². The first-order valence-corrected chi connectivity index (χ1v) is 13.4. The number of hydrogen-bond donors (Lipinski definition) is 1. The molecular formula is C30H24ClFN4O5. The van der Waals surface area contributed by atoms with Crippen molar-refractivity contribution in [1.29, 1.82) is 0 Å². The summed E-state index contributed by atoms with van der Waals surface area (Å²) in [5.74, 6) is -0.476. The zero-order valence-electron chi connectivity index (χ0n) is 21.9. The van der Waals surface area contributed by atoms with E-state index in [1.807, 2.05) is 6.92 Å². The van der Waals surface area contributed by atoms with Crippen molar-refractivity contribution >= 4 is 45.3 Å². The van der Waals surface area contributed by atoms with Crippen molar-refractivity contribution in [3.63, 3.8) is 0 Å². The number of oxazole rings is 1. The van der Waals surface area contributed by atoms with Crippen LogP contribution in [0.3, 0.4) is 0 Å². The summed E-state index contributed by atoms with van der Waals surface area (Å²) in [4.78, 5) is 39.8. The standard InChI is InChI=1S/C30H24ClFN4O5/c1-30(29-34-22-13-7-18(31)15-25(22)40-29)16-24(35-41-30)17-6-12-21-23(14-17)33-26(4-2-3-5-27(37)38)36(28(21)39)20-10-8-19(32)9-11-20/h6-15H,2-5,16H2,1H3,(H,37,38)/t30-/m1/s1. The summed E-state index contributed by atoms with van der Waals surface area (Å²) in [6.07, 6.45) is 1.70. The van der Waals surface area contributed by atoms with Gasteiger partial charge in [-0.15, -0.1) is 0 Å². The van der Waals surface area contributed by atoms with Gasteiger partial charge in [-0.2, -0.15) is 0 Å². The van der Waals surface area contributed by atoms with Gasteiger partial charge in [-0.05, 0) is 68.3 Å². The fraction of sp³-hybridized carbons (Fsp3) is 0.233. The van der Waals surface area contributed by atoms with Crippen molar-refractivity contribution in [3.8, 4) is 5.69 Å². The maximum atomic E-state index is 13.7. The lowest BCUT2D eigenvalue weighted by Gasteiger charge is -2.16. The predicted molar refractivity (Wildman–Crippen MR) is 151 cm³/mol. The smallest absolute Gasteiger partial charge is 0.303 e. The molecule has 0 aliphatic carbocycles. The van der Waals surface area contributed by atoms with Gasteiger partial charge in [-0.3, -0.25) is 14.2 Å². The highest BCUT2D eigenvalue weighted by Crippen LogP contribution is 2.37. The number of carbonyl (C=O) groups is 1. The van der Waals surface area contributed by atoms with Crippen molar-refractivity contribution in [2.45, 2.75) is 44.6 Å². The van der Waals surface area contributed by atoms with E-state index in [9.17, 15) is 14.0 Å². The maximum absolute atomic E-state index is 13.7. The average Bonchev–Trinajstić information content (AvgIpc) is 3.56. The number of rotatable bonds is 8. The van der Waals surface area contributed by atoms with Gasteiger partial charge in [0.2, 0.25) is 11.5 Å². The summed E-state index contributed by atoms with van der Waals surface area (Å²) < 4.78 is 21.0. The van der Waals surface area contributed by atoms with Crippen LogP contribution >= 0.6 is 11.6 Å². The lowest BCUT2D eigenvalue weighted by atomic mass is 9.95. The number of halogens is 2. The van der Waals surface area contributed by atoms with Gasteiger partial charge in [0.05, 0.1) is 22.3 Å². The molecule has 6 rings (SSSR count). The number of oxime groups is 1. The van der Waals surface area contributed by atoms with Crippen LogP contribution in [-0.2, 0) is 21.7 Å². The molecular weight excluding hydrogens is 551 g/mol. The highest BCUT2D eigenvalue weighted by Gasteiger charge is 2.41. The van der Waals surface area contributed by atoms with Crippen LogP contribution in [0.5, 0.6) is 0 Å². The predicted octanol–water partition coefficient (Wildman–Crippen LogP) is 6.16. The van der Waals surface area contributed by atoms with Crippen LogP contribution < -0.4 is 5.56 Å². The number of benzene rings is 3. The summed E-state index contributed by atoms with van der Waals surface area (Å²) in [5.41, 5.74) is 2.27.